The van der Waals surface area contributed by atoms with Gasteiger partial charge in [-0.1, -0.05) is 226 Å². The second-order valence-corrected chi connectivity index (χ2v) is 29.0. The Labute approximate surface area is 701 Å². The predicted octanol–water partition coefficient (Wildman–Crippen LogP) is 14.0. The summed E-state index contributed by atoms with van der Waals surface area (Å²) >= 11 is 3.13. The van der Waals surface area contributed by atoms with Crippen LogP contribution in [0.5, 0.6) is 0 Å². The first-order valence-electron chi connectivity index (χ1n) is 33.5. The maximum Gasteiger partial charge on any atom is 2.00 e. The maximum atomic E-state index is 13.4. The van der Waals surface area contributed by atoms with Crippen LogP contribution in [0.2, 0.25) is 0 Å². The first-order valence-corrected chi connectivity index (χ1v) is 37.5. The Kier molecular flexibility index (Phi) is 60.2. The Balaban J connectivity index is -0.000000695. The van der Waals surface area contributed by atoms with Crippen molar-refractivity contribution in [3.05, 3.63) is 239 Å². The Bertz CT molecular complexity index is 3710. The number of aliphatic hydroxyl groups is 3. The number of amides is 2. The number of hydrogen-bond acceptors (Lipinski definition) is 18. The van der Waals surface area contributed by atoms with Gasteiger partial charge >= 0.3 is 56.9 Å². The average Bonchev–Trinajstić information content (AvgIpc) is 0.869. The van der Waals surface area contributed by atoms with Crippen molar-refractivity contribution in [1.82, 2.24) is 14.5 Å². The number of nitrogens with zero attached hydrogens (tertiary/aromatic N) is 6. The average molecular weight is 1770 g/mol. The van der Waals surface area contributed by atoms with Crippen molar-refractivity contribution in [3.8, 4) is 0 Å². The third kappa shape index (κ3) is 40.3. The first kappa shape index (κ1) is 110. The molecule has 2 heterocycles. The molecule has 6 atom stereocenters. The molecular weight excluding hydrogens is 1660 g/mol. The number of aliphatic imine (C=N–C) groups is 2. The van der Waals surface area contributed by atoms with Crippen molar-refractivity contribution in [2.24, 2.45) is 20.8 Å². The van der Waals surface area contributed by atoms with Crippen LogP contribution in [-0.4, -0.2) is 194 Å². The maximum absolute atomic E-state index is 13.4. The van der Waals surface area contributed by atoms with Gasteiger partial charge in [0.05, 0.1) is 72.6 Å². The Morgan fingerprint density at radius 1 is 0.655 bits per heavy atom. The summed E-state index contributed by atoms with van der Waals surface area (Å²) in [7, 11) is 11.6. The van der Waals surface area contributed by atoms with Gasteiger partial charge in [-0.3, -0.25) is 34.1 Å². The molecule has 22 nitrogen and oxygen atoms in total. The summed E-state index contributed by atoms with van der Waals surface area (Å²) in [6.45, 7) is 20.4. The number of aliphatic carboxylic acids is 4. The SMILES string of the molecule is C.C.C=CCBr.C=CCOCC(C)(C)C(=O)O.CC(C)(CO)C(=O)O.CO.C[C@@](CO)(N=C(c1ccccc1)c1ccccc1[N-]C(=O)C1CCCN1Cc1ccccc1)C(=O)O.C[C@H](N=C(c1ccccc1)c1ccccc1[N-]C(=O)C1CCCN1Cc1ccccc1)C(=O)O.[B]B(P)SSNC(C)[C-]=O.[Ni+2].[Ni+2].[Ni]. The number of aliphatic hydroxyl groups excluding tert-OH is 3. The number of rotatable bonds is 30. The van der Waals surface area contributed by atoms with Crippen LogP contribution < -0.4 is 4.72 Å². The Morgan fingerprint density at radius 2 is 1.04 bits per heavy atom. The zero-order valence-corrected chi connectivity index (χ0v) is 69.0. The van der Waals surface area contributed by atoms with Crippen LogP contribution >= 0.6 is 46.7 Å². The zero-order valence-electron chi connectivity index (χ0n) is 61.7. The standard InChI is InChI=1S/C29H31N3O4.C28H29N3O3.C8H14O3.C5H10O3.C3H7B2NOPS2.C3H5Br.CH4O.2CH4.3Ni/c1-29(20-33,28(35)36)31-26(22-13-6-3-7-14-22)23-15-8-9-16-24(23)30-27(34)25-17-10-18-32(25)19-21-11-4-2-5-12-21;1-20(28(33)34)29-26(22-13-6-3-7-14-22)23-15-8-9-16-24(23)30-27(32)25-17-10-18-31(25)19-21-11-4-2-5-12-21;1-4-5-11-6-8(2,3)7(9)10;1-5(2,3-6)4(7)8;1-3(2-7)6-10-9-5(4)8;1-2-3-4;1-2;;;;;/h2-9,11-16,25,33H,10,17-20H2,1H3,(H2,30,31,34,35,36);2-9,11-16,20,25H,10,17-19H2,1H3,(H2,29,30,32,33,34);4H,1,5-6H2,2-3H3,(H,9,10);6H,3H2,1-2H3,(H,7,8);3,6H,8H2,1H3;2H,1,3H2;2H,1H3;2*1H4;;;/q;;;;-1;;;;;;2*+2/p-2/t25?,29-;20-,25?;;;;;;;;;;/m00........../s1. The number of alkyl halides is 1. The van der Waals surface area contributed by atoms with Crippen molar-refractivity contribution >= 4 is 125 Å². The normalized spacial score (nSPS) is 14.6. The van der Waals surface area contributed by atoms with Gasteiger partial charge < -0.3 is 65.5 Å². The fourth-order valence-corrected chi connectivity index (χ4v) is 11.1. The van der Waals surface area contributed by atoms with Gasteiger partial charge in [0.1, 0.15) is 6.04 Å². The molecule has 0 bridgehead atoms. The molecular formula is C79H106B2BrN7Ni3O15PS2+. The van der Waals surface area contributed by atoms with Crippen molar-refractivity contribution in [3.63, 3.8) is 0 Å². The number of carboxylic acid groups (broad SMARTS) is 4. The summed E-state index contributed by atoms with van der Waals surface area (Å²) in [5, 5.41) is 71.2. The number of ether oxygens (including phenoxy) is 1. The van der Waals surface area contributed by atoms with E-state index in [2.05, 4.69) is 97.6 Å². The molecule has 2 radical (unpaired) electrons. The summed E-state index contributed by atoms with van der Waals surface area (Å²) in [5.41, 5.74) is 3.17. The minimum atomic E-state index is -1.75. The van der Waals surface area contributed by atoms with Crippen LogP contribution in [0.25, 0.3) is 10.6 Å². The molecule has 4 unspecified atom stereocenters. The van der Waals surface area contributed by atoms with E-state index >= 15 is 0 Å². The molecule has 2 saturated heterocycles. The van der Waals surface area contributed by atoms with Gasteiger partial charge in [0.15, 0.2) is 11.1 Å². The summed E-state index contributed by atoms with van der Waals surface area (Å²) in [4.78, 5) is 94.0. The van der Waals surface area contributed by atoms with E-state index in [9.17, 15) is 48.9 Å². The fraction of sp³-hybridized carbons (Fsp3) is 0.380. The smallest absolute Gasteiger partial charge is 0.625 e. The van der Waals surface area contributed by atoms with Crippen LogP contribution in [0.4, 0.5) is 11.4 Å². The van der Waals surface area contributed by atoms with Gasteiger partial charge in [-0.05, 0) is 114 Å². The number of nitrogens with one attached hydrogen (secondary N) is 1. The molecule has 2 fully saturated rings. The van der Waals surface area contributed by atoms with Crippen LogP contribution in [0.15, 0.2) is 205 Å². The van der Waals surface area contributed by atoms with E-state index in [1.807, 2.05) is 115 Å². The third-order valence-electron chi connectivity index (χ3n) is 15.4. The number of allylic oxidation sites excluding steroid dienone is 1. The van der Waals surface area contributed by atoms with E-state index in [-0.39, 0.29) is 113 Å². The minimum Gasteiger partial charge on any atom is -0.625 e. The van der Waals surface area contributed by atoms with Crippen LogP contribution in [0, 0.1) is 10.8 Å². The second kappa shape index (κ2) is 60.2. The summed E-state index contributed by atoms with van der Waals surface area (Å²) < 4.78 is 7.84. The molecule has 6 aromatic rings. The molecule has 31 heteroatoms. The second-order valence-electron chi connectivity index (χ2n) is 25.0. The molecule has 0 aromatic heterocycles. The number of carbonyl (C=O) groups is 6. The number of halogens is 1. The molecule has 0 saturated carbocycles. The van der Waals surface area contributed by atoms with Crippen molar-refractivity contribution < 1.29 is 124 Å². The third-order valence-corrected chi connectivity index (χ3v) is 18.8. The number of carbonyl (C=O) groups excluding carboxylic acids is 3. The number of carboxylic acids is 4. The van der Waals surface area contributed by atoms with E-state index in [1.54, 1.807) is 69.5 Å². The Morgan fingerprint density at radius 3 is 1.37 bits per heavy atom. The van der Waals surface area contributed by atoms with Crippen LogP contribution in [0.3, 0.4) is 0 Å². The number of likely N-dealkylation sites (tertiary alicyclic amines) is 2. The molecule has 2 aliphatic heterocycles. The van der Waals surface area contributed by atoms with Crippen molar-refractivity contribution in [2.75, 3.05) is 52.0 Å². The predicted molar refractivity (Wildman–Crippen MR) is 444 cm³/mol. The van der Waals surface area contributed by atoms with E-state index < -0.39 is 52.9 Å². The topological polar surface area (TPSA) is 342 Å². The monoisotopic (exact) mass is 1760 g/mol. The quantitative estimate of drug-likeness (QED) is 0.00239. The van der Waals surface area contributed by atoms with Crippen molar-refractivity contribution in [1.29, 1.82) is 0 Å². The number of benzene rings is 6. The van der Waals surface area contributed by atoms with E-state index in [4.69, 9.17) is 32.9 Å². The van der Waals surface area contributed by atoms with Crippen molar-refractivity contribution in [2.45, 2.75) is 132 Å². The molecule has 0 spiro atoms. The molecule has 6 aromatic carbocycles. The van der Waals surface area contributed by atoms with E-state index in [0.29, 0.717) is 59.2 Å². The molecule has 606 valence electrons. The molecule has 8 N–H and O–H groups in total. The fourth-order valence-electron chi connectivity index (χ4n) is 9.28. The molecule has 110 heavy (non-hydrogen) atoms. The molecule has 2 aliphatic rings. The first-order chi connectivity index (χ1) is 50.0. The summed E-state index contributed by atoms with van der Waals surface area (Å²) in [6, 6.07) is 51.3. The molecule has 2 amide bonds. The van der Waals surface area contributed by atoms with E-state index in [0.717, 1.165) is 62.3 Å². The summed E-state index contributed by atoms with van der Waals surface area (Å²) in [6.07, 6.45) is 8.56. The van der Waals surface area contributed by atoms with Gasteiger partial charge in [-0.2, -0.15) is 9.12 Å². The van der Waals surface area contributed by atoms with E-state index in [1.165, 1.54) is 54.9 Å². The van der Waals surface area contributed by atoms with Crippen LogP contribution in [-0.2, 0) is 101 Å². The number of hydrogen-bond donors (Lipinski definition) is 8. The zero-order chi connectivity index (χ0) is 78.5. The Hall–Kier alpha value is -6.43. The summed E-state index contributed by atoms with van der Waals surface area (Å²) in [5.74, 6) is -4.49. The van der Waals surface area contributed by atoms with Crippen LogP contribution in [0.1, 0.15) is 122 Å². The van der Waals surface area contributed by atoms with Gasteiger partial charge in [-0.15, -0.1) is 35.2 Å². The minimum absolute atomic E-state index is 0. The van der Waals surface area contributed by atoms with Gasteiger partial charge in [0, 0.05) is 60.9 Å². The van der Waals surface area contributed by atoms with Gasteiger partial charge in [-0.25, -0.2) is 15.9 Å². The largest absolute Gasteiger partial charge is 2.00 e. The van der Waals surface area contributed by atoms with Gasteiger partial charge in [0.2, 0.25) is 0 Å². The van der Waals surface area contributed by atoms with Gasteiger partial charge in [0.25, 0.3) is 0 Å². The molecule has 0 aliphatic carbocycles. The number of para-hydroxylation sites is 2. The molecule has 8 rings (SSSR count).